The first-order valence-electron chi connectivity index (χ1n) is 7.26. The summed E-state index contributed by atoms with van der Waals surface area (Å²) < 4.78 is 5.47. The minimum Gasteiger partial charge on any atom is -0.496 e. The summed E-state index contributed by atoms with van der Waals surface area (Å²) in [6, 6.07) is 8.54. The second-order valence-corrected chi connectivity index (χ2v) is 6.23. The first kappa shape index (κ1) is 14.1. The number of nitrogens with zero attached hydrogens (tertiary/aromatic N) is 1. The van der Waals surface area contributed by atoms with Crippen LogP contribution >= 0.6 is 11.3 Å². The fourth-order valence-electron chi connectivity index (χ4n) is 2.67. The average molecular weight is 300 g/mol. The Morgan fingerprint density at radius 3 is 2.95 bits per heavy atom. The van der Waals surface area contributed by atoms with Crippen LogP contribution in [0.5, 0.6) is 5.75 Å². The largest absolute Gasteiger partial charge is 0.496 e. The van der Waals surface area contributed by atoms with Gasteiger partial charge in [0.1, 0.15) is 11.6 Å². The number of aliphatic imine (C=N–C) groups is 1. The van der Waals surface area contributed by atoms with Crippen LogP contribution in [0.1, 0.15) is 21.6 Å². The lowest BCUT2D eigenvalue weighted by molar-refractivity contribution is 0.409. The third-order valence-electron chi connectivity index (χ3n) is 3.73. The fourth-order valence-corrected chi connectivity index (χ4v) is 3.55. The van der Waals surface area contributed by atoms with Crippen molar-refractivity contribution in [3.8, 4) is 5.75 Å². The van der Waals surface area contributed by atoms with Gasteiger partial charge in [-0.15, -0.1) is 11.3 Å². The van der Waals surface area contributed by atoms with Crippen molar-refractivity contribution in [2.45, 2.75) is 19.8 Å². The number of hydrogen-bond donors (Lipinski definition) is 1. The number of thiophene rings is 1. The number of rotatable bonds is 5. The third kappa shape index (κ3) is 3.10. The Morgan fingerprint density at radius 1 is 1.29 bits per heavy atom. The molecule has 0 bridgehead atoms. The second-order valence-electron chi connectivity index (χ2n) is 5.23. The predicted octanol–water partition coefficient (Wildman–Crippen LogP) is 3.20. The van der Waals surface area contributed by atoms with Crippen LogP contribution in [0, 0.1) is 6.92 Å². The minimum atomic E-state index is 0.885. The normalized spacial score (nSPS) is 13.9. The number of methoxy groups -OCH3 is 1. The molecule has 0 saturated heterocycles. The van der Waals surface area contributed by atoms with E-state index in [1.807, 2.05) is 11.3 Å². The molecule has 1 aromatic heterocycles. The summed E-state index contributed by atoms with van der Waals surface area (Å²) in [6.07, 6.45) is 2.01. The van der Waals surface area contributed by atoms with Crippen LogP contribution in [0.15, 0.2) is 34.6 Å². The molecule has 2 aromatic rings. The zero-order chi connectivity index (χ0) is 14.7. The fraction of sp³-hybridized carbons (Fsp3) is 0.353. The van der Waals surface area contributed by atoms with Gasteiger partial charge in [-0.3, -0.25) is 4.99 Å². The van der Waals surface area contributed by atoms with E-state index in [2.05, 4.69) is 46.9 Å². The van der Waals surface area contributed by atoms with Gasteiger partial charge in [-0.2, -0.15) is 0 Å². The van der Waals surface area contributed by atoms with Crippen LogP contribution in [-0.2, 0) is 12.8 Å². The molecule has 0 fully saturated rings. The summed E-state index contributed by atoms with van der Waals surface area (Å²) in [5.41, 5.74) is 3.82. The highest BCUT2D eigenvalue weighted by Gasteiger charge is 2.14. The molecule has 2 heterocycles. The smallest absolute Gasteiger partial charge is 0.129 e. The molecule has 0 atom stereocenters. The third-order valence-corrected chi connectivity index (χ3v) is 4.71. The van der Waals surface area contributed by atoms with Gasteiger partial charge in [0.25, 0.3) is 0 Å². The summed E-state index contributed by atoms with van der Waals surface area (Å²) in [7, 11) is 1.74. The van der Waals surface area contributed by atoms with Crippen molar-refractivity contribution in [1.29, 1.82) is 0 Å². The molecule has 0 spiro atoms. The highest BCUT2D eigenvalue weighted by Crippen LogP contribution is 2.25. The van der Waals surface area contributed by atoms with Gasteiger partial charge in [-0.1, -0.05) is 17.7 Å². The molecular formula is C17H20N2OS. The molecule has 1 aliphatic heterocycles. The van der Waals surface area contributed by atoms with Gasteiger partial charge in [-0.25, -0.2) is 0 Å². The van der Waals surface area contributed by atoms with E-state index in [-0.39, 0.29) is 0 Å². The van der Waals surface area contributed by atoms with E-state index >= 15 is 0 Å². The zero-order valence-corrected chi connectivity index (χ0v) is 13.3. The molecule has 0 aliphatic carbocycles. The summed E-state index contributed by atoms with van der Waals surface area (Å²) in [4.78, 5) is 5.92. The molecule has 4 heteroatoms. The van der Waals surface area contributed by atoms with Crippen LogP contribution in [0.3, 0.4) is 0 Å². The Kier molecular flexibility index (Phi) is 4.25. The van der Waals surface area contributed by atoms with Gasteiger partial charge in [0.2, 0.25) is 0 Å². The van der Waals surface area contributed by atoms with Gasteiger partial charge in [-0.05, 0) is 42.8 Å². The molecular weight excluding hydrogens is 280 g/mol. The molecule has 1 aromatic carbocycles. The van der Waals surface area contributed by atoms with Crippen LogP contribution in [-0.4, -0.2) is 26.0 Å². The van der Waals surface area contributed by atoms with Crippen molar-refractivity contribution < 1.29 is 4.74 Å². The number of aryl methyl sites for hydroxylation is 3. The van der Waals surface area contributed by atoms with Crippen molar-refractivity contribution in [1.82, 2.24) is 5.32 Å². The molecule has 3 nitrogen and oxygen atoms in total. The topological polar surface area (TPSA) is 33.6 Å². The Labute approximate surface area is 129 Å². The Balaban J connectivity index is 1.77. The molecule has 1 N–H and O–H groups in total. The molecule has 3 rings (SSSR count). The number of benzene rings is 1. The van der Waals surface area contributed by atoms with Crippen molar-refractivity contribution >= 4 is 17.2 Å². The monoisotopic (exact) mass is 300 g/mol. The first-order chi connectivity index (χ1) is 10.3. The molecule has 1 aliphatic rings. The average Bonchev–Trinajstić information content (AvgIpc) is 3.16. The summed E-state index contributed by atoms with van der Waals surface area (Å²) >= 11 is 1.81. The van der Waals surface area contributed by atoms with Gasteiger partial charge >= 0.3 is 0 Å². The van der Waals surface area contributed by atoms with E-state index in [0.717, 1.165) is 37.5 Å². The van der Waals surface area contributed by atoms with E-state index in [0.29, 0.717) is 0 Å². The van der Waals surface area contributed by atoms with Gasteiger partial charge in [0.05, 0.1) is 13.7 Å². The van der Waals surface area contributed by atoms with Crippen molar-refractivity contribution in [2.75, 3.05) is 20.2 Å². The van der Waals surface area contributed by atoms with Gasteiger partial charge < -0.3 is 10.1 Å². The van der Waals surface area contributed by atoms with Gasteiger partial charge in [0.15, 0.2) is 0 Å². The molecule has 110 valence electrons. The maximum absolute atomic E-state index is 5.47. The van der Waals surface area contributed by atoms with Crippen LogP contribution in [0.25, 0.3) is 0 Å². The number of hydrogen-bond acceptors (Lipinski definition) is 4. The van der Waals surface area contributed by atoms with Crippen LogP contribution < -0.4 is 10.1 Å². The summed E-state index contributed by atoms with van der Waals surface area (Å²) in [5.74, 6) is 2.04. The maximum Gasteiger partial charge on any atom is 0.129 e. The Morgan fingerprint density at radius 2 is 2.19 bits per heavy atom. The lowest BCUT2D eigenvalue weighted by Gasteiger charge is -2.10. The predicted molar refractivity (Wildman–Crippen MR) is 88.9 cm³/mol. The van der Waals surface area contributed by atoms with E-state index in [1.165, 1.54) is 21.6 Å². The number of nitrogens with one attached hydrogen (secondary N) is 1. The Bertz CT molecular complexity index is 661. The molecule has 0 saturated carbocycles. The highest BCUT2D eigenvalue weighted by atomic mass is 32.1. The van der Waals surface area contributed by atoms with Crippen molar-refractivity contribution in [3.05, 3.63) is 51.2 Å². The van der Waals surface area contributed by atoms with Crippen molar-refractivity contribution in [3.63, 3.8) is 0 Å². The Hall–Kier alpha value is -1.81. The first-order valence-corrected chi connectivity index (χ1v) is 8.14. The molecule has 0 unspecified atom stereocenters. The molecule has 0 radical (unpaired) electrons. The van der Waals surface area contributed by atoms with E-state index in [9.17, 15) is 0 Å². The van der Waals surface area contributed by atoms with Crippen molar-refractivity contribution in [2.24, 2.45) is 4.99 Å². The zero-order valence-electron chi connectivity index (χ0n) is 12.5. The molecule has 0 amide bonds. The lowest BCUT2D eigenvalue weighted by atomic mass is 10.0. The van der Waals surface area contributed by atoms with E-state index in [1.54, 1.807) is 7.11 Å². The number of amidine groups is 1. The second kappa shape index (κ2) is 6.31. The quantitative estimate of drug-likeness (QED) is 0.920. The highest BCUT2D eigenvalue weighted by molar-refractivity contribution is 7.10. The maximum atomic E-state index is 5.47. The van der Waals surface area contributed by atoms with E-state index in [4.69, 9.17) is 4.74 Å². The SMILES string of the molecule is COc1ccc(C)cc1CCc1sccc1C1=NCCN1. The van der Waals surface area contributed by atoms with Crippen LogP contribution in [0.2, 0.25) is 0 Å². The lowest BCUT2D eigenvalue weighted by Crippen LogP contribution is -2.20. The van der Waals surface area contributed by atoms with Crippen LogP contribution in [0.4, 0.5) is 0 Å². The molecule has 21 heavy (non-hydrogen) atoms. The minimum absolute atomic E-state index is 0.885. The standard InChI is InChI=1S/C17H20N2OS/c1-12-3-5-15(20-2)13(11-12)4-6-16-14(7-10-21-16)17-18-8-9-19-17/h3,5,7,10-11H,4,6,8-9H2,1-2H3,(H,18,19). The summed E-state index contributed by atoms with van der Waals surface area (Å²) in [6.45, 7) is 3.96. The van der Waals surface area contributed by atoms with E-state index < -0.39 is 0 Å². The van der Waals surface area contributed by atoms with Gasteiger partial charge in [0, 0.05) is 17.0 Å². The number of ether oxygens (including phenoxy) is 1. The summed E-state index contributed by atoms with van der Waals surface area (Å²) in [5, 5.41) is 5.51.